The molecule has 0 aliphatic carbocycles. The molecule has 1 aliphatic rings. The van der Waals surface area contributed by atoms with Crippen LogP contribution >= 0.6 is 0 Å². The third-order valence-electron chi connectivity index (χ3n) is 3.56. The summed E-state index contributed by atoms with van der Waals surface area (Å²) in [5.74, 6) is 0.911. The van der Waals surface area contributed by atoms with E-state index in [-0.39, 0.29) is 5.56 Å². The van der Waals surface area contributed by atoms with Crippen molar-refractivity contribution in [3.63, 3.8) is 0 Å². The average Bonchev–Trinajstić information content (AvgIpc) is 2.79. The van der Waals surface area contributed by atoms with Crippen LogP contribution in [-0.4, -0.2) is 25.7 Å². The summed E-state index contributed by atoms with van der Waals surface area (Å²) in [7, 11) is 1.70. The number of aryl methyl sites for hydroxylation is 1. The SMILES string of the molecule is Cn1cnc2cc3c(cc2c1=O)nc1n3CCOC1. The van der Waals surface area contributed by atoms with Crippen molar-refractivity contribution in [1.29, 1.82) is 0 Å². The first-order valence-corrected chi connectivity index (χ1v) is 6.16. The smallest absolute Gasteiger partial charge is 0.260 e. The molecule has 3 heterocycles. The van der Waals surface area contributed by atoms with Crippen LogP contribution in [0.2, 0.25) is 0 Å². The van der Waals surface area contributed by atoms with Crippen molar-refractivity contribution >= 4 is 21.9 Å². The van der Waals surface area contributed by atoms with Gasteiger partial charge in [-0.2, -0.15) is 0 Å². The lowest BCUT2D eigenvalue weighted by Gasteiger charge is -2.14. The van der Waals surface area contributed by atoms with Crippen molar-refractivity contribution in [2.75, 3.05) is 6.61 Å². The molecule has 6 nitrogen and oxygen atoms in total. The largest absolute Gasteiger partial charge is 0.372 e. The fraction of sp³-hybridized carbons (Fsp3) is 0.308. The van der Waals surface area contributed by atoms with Gasteiger partial charge in [0.05, 0.1) is 34.9 Å². The molecule has 1 aliphatic heterocycles. The van der Waals surface area contributed by atoms with E-state index in [1.807, 2.05) is 12.1 Å². The second-order valence-electron chi connectivity index (χ2n) is 4.75. The van der Waals surface area contributed by atoms with E-state index >= 15 is 0 Å². The first kappa shape index (κ1) is 10.7. The molecule has 0 atom stereocenters. The Morgan fingerprint density at radius 1 is 1.32 bits per heavy atom. The summed E-state index contributed by atoms with van der Waals surface area (Å²) in [6, 6.07) is 3.76. The van der Waals surface area contributed by atoms with E-state index in [1.165, 1.54) is 4.57 Å². The van der Waals surface area contributed by atoms with Crippen molar-refractivity contribution in [1.82, 2.24) is 19.1 Å². The highest BCUT2D eigenvalue weighted by Crippen LogP contribution is 2.22. The molecule has 0 N–H and O–H groups in total. The monoisotopic (exact) mass is 256 g/mol. The highest BCUT2D eigenvalue weighted by Gasteiger charge is 2.16. The molecule has 2 aromatic heterocycles. The van der Waals surface area contributed by atoms with Crippen LogP contribution in [0.5, 0.6) is 0 Å². The molecule has 1 aromatic carbocycles. The third-order valence-corrected chi connectivity index (χ3v) is 3.56. The fourth-order valence-corrected chi connectivity index (χ4v) is 2.56. The van der Waals surface area contributed by atoms with Crippen molar-refractivity contribution < 1.29 is 4.74 Å². The van der Waals surface area contributed by atoms with Crippen molar-refractivity contribution in [2.45, 2.75) is 13.2 Å². The maximum atomic E-state index is 12.1. The first-order chi connectivity index (χ1) is 9.24. The topological polar surface area (TPSA) is 61.9 Å². The molecule has 96 valence electrons. The normalized spacial score (nSPS) is 15.0. The zero-order valence-electron chi connectivity index (χ0n) is 10.5. The summed E-state index contributed by atoms with van der Waals surface area (Å²) in [5, 5.41) is 0.605. The molecule has 4 rings (SSSR count). The van der Waals surface area contributed by atoms with Crippen LogP contribution in [0.25, 0.3) is 21.9 Å². The molecule has 3 aromatic rings. The molecular formula is C13H12N4O2. The number of rotatable bonds is 0. The van der Waals surface area contributed by atoms with E-state index in [0.717, 1.165) is 23.4 Å². The van der Waals surface area contributed by atoms with Crippen molar-refractivity contribution in [3.8, 4) is 0 Å². The molecule has 0 saturated heterocycles. The van der Waals surface area contributed by atoms with Gasteiger partial charge in [-0.1, -0.05) is 0 Å². The van der Waals surface area contributed by atoms with Gasteiger partial charge in [-0.15, -0.1) is 0 Å². The number of ether oxygens (including phenoxy) is 1. The Kier molecular flexibility index (Phi) is 2.05. The van der Waals surface area contributed by atoms with Gasteiger partial charge in [0.1, 0.15) is 12.4 Å². The van der Waals surface area contributed by atoms with Gasteiger partial charge in [0.2, 0.25) is 0 Å². The first-order valence-electron chi connectivity index (χ1n) is 6.16. The summed E-state index contributed by atoms with van der Waals surface area (Å²) in [6.45, 7) is 2.01. The minimum Gasteiger partial charge on any atom is -0.372 e. The van der Waals surface area contributed by atoms with Crippen molar-refractivity contribution in [2.24, 2.45) is 7.05 Å². The Balaban J connectivity index is 2.14. The number of hydrogen-bond donors (Lipinski definition) is 0. The van der Waals surface area contributed by atoms with E-state index < -0.39 is 0 Å². The zero-order chi connectivity index (χ0) is 13.0. The molecule has 0 amide bonds. The standard InChI is InChI=1S/C13H12N4O2/c1-16-7-14-9-5-11-10(4-8(9)13(16)18)15-12-6-19-3-2-17(11)12/h4-5,7H,2-3,6H2,1H3. The van der Waals surface area contributed by atoms with Crippen LogP contribution in [0.4, 0.5) is 0 Å². The zero-order valence-corrected chi connectivity index (χ0v) is 10.5. The lowest BCUT2D eigenvalue weighted by atomic mass is 10.2. The number of aromatic nitrogens is 4. The van der Waals surface area contributed by atoms with Crippen LogP contribution in [0, 0.1) is 0 Å². The van der Waals surface area contributed by atoms with Gasteiger partial charge < -0.3 is 13.9 Å². The van der Waals surface area contributed by atoms with Gasteiger partial charge in [-0.25, -0.2) is 9.97 Å². The van der Waals surface area contributed by atoms with Gasteiger partial charge >= 0.3 is 0 Å². The molecule has 0 saturated carbocycles. The minimum absolute atomic E-state index is 0.0471. The van der Waals surface area contributed by atoms with Gasteiger partial charge in [0, 0.05) is 13.6 Å². The van der Waals surface area contributed by atoms with Crippen LogP contribution in [0.1, 0.15) is 5.82 Å². The lowest BCUT2D eigenvalue weighted by Crippen LogP contribution is -2.17. The Morgan fingerprint density at radius 2 is 2.21 bits per heavy atom. The number of fused-ring (bicyclic) bond motifs is 4. The summed E-state index contributed by atoms with van der Waals surface area (Å²) >= 11 is 0. The summed E-state index contributed by atoms with van der Waals surface area (Å²) < 4.78 is 9.02. The van der Waals surface area contributed by atoms with Gasteiger partial charge in [-0.3, -0.25) is 4.79 Å². The van der Waals surface area contributed by atoms with E-state index in [4.69, 9.17) is 4.74 Å². The van der Waals surface area contributed by atoms with Crippen LogP contribution in [0.3, 0.4) is 0 Å². The molecule has 0 unspecified atom stereocenters. The van der Waals surface area contributed by atoms with E-state index in [0.29, 0.717) is 24.1 Å². The molecule has 0 bridgehead atoms. The Hall–Kier alpha value is -2.21. The van der Waals surface area contributed by atoms with Gasteiger partial charge in [-0.05, 0) is 12.1 Å². The molecule has 6 heteroatoms. The fourth-order valence-electron chi connectivity index (χ4n) is 2.56. The average molecular weight is 256 g/mol. The highest BCUT2D eigenvalue weighted by molar-refractivity contribution is 5.92. The number of nitrogens with zero attached hydrogens (tertiary/aromatic N) is 4. The quantitative estimate of drug-likeness (QED) is 0.597. The van der Waals surface area contributed by atoms with E-state index in [9.17, 15) is 4.79 Å². The van der Waals surface area contributed by atoms with Crippen LogP contribution < -0.4 is 5.56 Å². The number of imidazole rings is 1. The molecular weight excluding hydrogens is 244 g/mol. The van der Waals surface area contributed by atoms with E-state index in [1.54, 1.807) is 13.4 Å². The third kappa shape index (κ3) is 1.43. The van der Waals surface area contributed by atoms with Crippen molar-refractivity contribution in [3.05, 3.63) is 34.6 Å². The maximum Gasteiger partial charge on any atom is 0.260 e. The predicted octanol–water partition coefficient (Wildman–Crippen LogP) is 0.813. The minimum atomic E-state index is -0.0471. The number of benzene rings is 1. The Morgan fingerprint density at radius 3 is 3.11 bits per heavy atom. The van der Waals surface area contributed by atoms with Gasteiger partial charge in [0.25, 0.3) is 5.56 Å². The molecule has 0 spiro atoms. The van der Waals surface area contributed by atoms with Crippen LogP contribution in [-0.2, 0) is 24.9 Å². The Bertz CT molecular complexity index is 862. The molecule has 0 radical (unpaired) electrons. The Labute approximate surface area is 108 Å². The predicted molar refractivity (Wildman–Crippen MR) is 69.9 cm³/mol. The summed E-state index contributed by atoms with van der Waals surface area (Å²) in [4.78, 5) is 20.9. The van der Waals surface area contributed by atoms with Gasteiger partial charge in [0.15, 0.2) is 0 Å². The highest BCUT2D eigenvalue weighted by atomic mass is 16.5. The second kappa shape index (κ2) is 3.64. The molecule has 0 fully saturated rings. The molecule has 19 heavy (non-hydrogen) atoms. The summed E-state index contributed by atoms with van der Waals surface area (Å²) in [5.41, 5.74) is 2.52. The number of hydrogen-bond acceptors (Lipinski definition) is 4. The maximum absolute atomic E-state index is 12.1. The van der Waals surface area contributed by atoms with Crippen LogP contribution in [0.15, 0.2) is 23.3 Å². The second-order valence-corrected chi connectivity index (χ2v) is 4.75. The van der Waals surface area contributed by atoms with E-state index in [2.05, 4.69) is 14.5 Å². The summed E-state index contributed by atoms with van der Waals surface area (Å²) in [6.07, 6.45) is 1.55. The lowest BCUT2D eigenvalue weighted by molar-refractivity contribution is 0.0830.